The third-order valence-electron chi connectivity index (χ3n) is 3.28. The van der Waals surface area contributed by atoms with E-state index in [1.807, 2.05) is 24.3 Å². The van der Waals surface area contributed by atoms with Crippen LogP contribution >= 0.6 is 11.8 Å². The van der Waals surface area contributed by atoms with E-state index in [4.69, 9.17) is 0 Å². The molecule has 0 aliphatic carbocycles. The molecule has 0 saturated heterocycles. The fourth-order valence-electron chi connectivity index (χ4n) is 2.25. The maximum atomic E-state index is 4.39. The molecule has 0 saturated carbocycles. The molecule has 0 atom stereocenters. The van der Waals surface area contributed by atoms with Crippen LogP contribution in [0.5, 0.6) is 0 Å². The predicted octanol–water partition coefficient (Wildman–Crippen LogP) is 3.83. The van der Waals surface area contributed by atoms with Gasteiger partial charge in [-0.2, -0.15) is 0 Å². The van der Waals surface area contributed by atoms with Crippen LogP contribution in [0, 0.1) is 0 Å². The number of hydrogen-bond donors (Lipinski definition) is 0. The first-order valence-corrected chi connectivity index (χ1v) is 8.23. The minimum Gasteiger partial charge on any atom is -0.305 e. The van der Waals surface area contributed by atoms with Crippen LogP contribution in [0.3, 0.4) is 0 Å². The number of nitrogens with zero attached hydrogens (tertiary/aromatic N) is 4. The molecule has 22 heavy (non-hydrogen) atoms. The Hall–Kier alpha value is -2.14. The van der Waals surface area contributed by atoms with Crippen LogP contribution in [-0.2, 0) is 13.0 Å². The summed E-state index contributed by atoms with van der Waals surface area (Å²) in [5.74, 6) is 1.01. The summed E-state index contributed by atoms with van der Waals surface area (Å²) in [6.45, 7) is 3.09. The molecule has 0 amide bonds. The van der Waals surface area contributed by atoms with E-state index >= 15 is 0 Å². The van der Waals surface area contributed by atoms with Gasteiger partial charge in [0, 0.05) is 19.2 Å². The van der Waals surface area contributed by atoms with Crippen LogP contribution in [0.4, 0.5) is 0 Å². The molecule has 0 bridgehead atoms. The van der Waals surface area contributed by atoms with Crippen molar-refractivity contribution in [3.8, 4) is 0 Å². The predicted molar refractivity (Wildman–Crippen MR) is 87.9 cm³/mol. The lowest BCUT2D eigenvalue weighted by Crippen LogP contribution is -2.05. The van der Waals surface area contributed by atoms with Crippen molar-refractivity contribution in [1.29, 1.82) is 0 Å². The quantitative estimate of drug-likeness (QED) is 0.694. The van der Waals surface area contributed by atoms with E-state index in [-0.39, 0.29) is 0 Å². The molecular weight excluding hydrogens is 292 g/mol. The van der Waals surface area contributed by atoms with Gasteiger partial charge in [0.15, 0.2) is 5.16 Å². The summed E-state index contributed by atoms with van der Waals surface area (Å²) in [4.78, 5) is 4.35. The highest BCUT2D eigenvalue weighted by molar-refractivity contribution is 7.99. The van der Waals surface area contributed by atoms with Crippen molar-refractivity contribution >= 4 is 11.8 Å². The molecular formula is C17H18N4S. The molecule has 112 valence electrons. The van der Waals surface area contributed by atoms with Gasteiger partial charge in [0.05, 0.1) is 0 Å². The first-order chi connectivity index (χ1) is 10.9. The van der Waals surface area contributed by atoms with Gasteiger partial charge >= 0.3 is 0 Å². The topological polar surface area (TPSA) is 43.6 Å². The zero-order chi connectivity index (χ0) is 15.2. The molecule has 0 aliphatic rings. The van der Waals surface area contributed by atoms with Crippen LogP contribution < -0.4 is 0 Å². The van der Waals surface area contributed by atoms with Crippen molar-refractivity contribution in [1.82, 2.24) is 19.7 Å². The molecule has 2 aromatic heterocycles. The first-order valence-electron chi connectivity index (χ1n) is 7.41. The fourth-order valence-corrected chi connectivity index (χ4v) is 3.09. The monoisotopic (exact) mass is 310 g/mol. The van der Waals surface area contributed by atoms with Gasteiger partial charge in [-0.25, -0.2) is 4.98 Å². The molecule has 3 rings (SSSR count). The van der Waals surface area contributed by atoms with Crippen molar-refractivity contribution in [2.45, 2.75) is 36.5 Å². The van der Waals surface area contributed by atoms with Gasteiger partial charge in [0.25, 0.3) is 0 Å². The molecule has 0 unspecified atom stereocenters. The fraction of sp³-hybridized carbons (Fsp3) is 0.235. The zero-order valence-electron chi connectivity index (χ0n) is 12.5. The lowest BCUT2D eigenvalue weighted by atomic mass is 10.1. The minimum absolute atomic E-state index is 0.802. The van der Waals surface area contributed by atoms with Gasteiger partial charge in [-0.15, -0.1) is 10.2 Å². The van der Waals surface area contributed by atoms with Gasteiger partial charge in [-0.3, -0.25) is 0 Å². The van der Waals surface area contributed by atoms with Crippen LogP contribution in [-0.4, -0.2) is 19.7 Å². The third-order valence-corrected chi connectivity index (χ3v) is 4.21. The Bertz CT molecular complexity index is 651. The number of pyridine rings is 1. The second-order valence-corrected chi connectivity index (χ2v) is 5.97. The normalized spacial score (nSPS) is 10.8. The Morgan fingerprint density at radius 3 is 2.55 bits per heavy atom. The summed E-state index contributed by atoms with van der Waals surface area (Å²) in [5, 5.41) is 10.6. The van der Waals surface area contributed by atoms with E-state index in [0.717, 1.165) is 35.4 Å². The van der Waals surface area contributed by atoms with Crippen molar-refractivity contribution in [3.63, 3.8) is 0 Å². The highest BCUT2D eigenvalue weighted by Crippen LogP contribution is 2.25. The maximum Gasteiger partial charge on any atom is 0.197 e. The van der Waals surface area contributed by atoms with Crippen LogP contribution in [0.1, 0.15) is 24.7 Å². The molecule has 5 heteroatoms. The summed E-state index contributed by atoms with van der Waals surface area (Å²) in [5.41, 5.74) is 1.25. The SMILES string of the molecule is CCCn1c(Cc2ccccc2)nnc1Sc1ccccn1. The van der Waals surface area contributed by atoms with E-state index in [1.165, 1.54) is 5.56 Å². The average Bonchev–Trinajstić information content (AvgIpc) is 2.92. The Morgan fingerprint density at radius 1 is 1.00 bits per heavy atom. The van der Waals surface area contributed by atoms with E-state index in [1.54, 1.807) is 18.0 Å². The summed E-state index contributed by atoms with van der Waals surface area (Å²) in [7, 11) is 0. The molecule has 0 spiro atoms. The van der Waals surface area contributed by atoms with Crippen molar-refractivity contribution in [2.24, 2.45) is 0 Å². The largest absolute Gasteiger partial charge is 0.305 e. The van der Waals surface area contributed by atoms with Gasteiger partial charge in [0.1, 0.15) is 10.9 Å². The third kappa shape index (κ3) is 3.54. The molecule has 4 nitrogen and oxygen atoms in total. The summed E-state index contributed by atoms with van der Waals surface area (Å²) < 4.78 is 2.20. The van der Waals surface area contributed by atoms with Crippen molar-refractivity contribution < 1.29 is 0 Å². The lowest BCUT2D eigenvalue weighted by Gasteiger charge is -2.08. The minimum atomic E-state index is 0.802. The maximum absolute atomic E-state index is 4.39. The van der Waals surface area contributed by atoms with Gasteiger partial charge < -0.3 is 4.57 Å². The van der Waals surface area contributed by atoms with E-state index in [9.17, 15) is 0 Å². The first kappa shape index (κ1) is 14.8. The molecule has 0 N–H and O–H groups in total. The van der Waals surface area contributed by atoms with Gasteiger partial charge in [0.2, 0.25) is 0 Å². The summed E-state index contributed by atoms with van der Waals surface area (Å²) in [6, 6.07) is 16.3. The molecule has 1 aromatic carbocycles. The molecule has 0 fully saturated rings. The van der Waals surface area contributed by atoms with E-state index in [2.05, 4.69) is 50.9 Å². The van der Waals surface area contributed by atoms with E-state index < -0.39 is 0 Å². The number of rotatable bonds is 6. The molecule has 3 aromatic rings. The standard InChI is InChI=1S/C17H18N4S/c1-2-12-21-15(13-14-8-4-3-5-9-14)19-20-17(21)22-16-10-6-7-11-18-16/h3-11H,2,12-13H2,1H3. The second-order valence-electron chi connectivity index (χ2n) is 4.98. The zero-order valence-corrected chi connectivity index (χ0v) is 13.3. The van der Waals surface area contributed by atoms with Crippen LogP contribution in [0.25, 0.3) is 0 Å². The Balaban J connectivity index is 1.85. The second kappa shape index (κ2) is 7.22. The lowest BCUT2D eigenvalue weighted by molar-refractivity contribution is 0.597. The van der Waals surface area contributed by atoms with Gasteiger partial charge in [-0.05, 0) is 35.9 Å². The Labute approximate surface area is 134 Å². The van der Waals surface area contributed by atoms with Crippen molar-refractivity contribution in [2.75, 3.05) is 0 Å². The Morgan fingerprint density at radius 2 is 1.82 bits per heavy atom. The highest BCUT2D eigenvalue weighted by Gasteiger charge is 2.13. The van der Waals surface area contributed by atoms with Crippen LogP contribution in [0.2, 0.25) is 0 Å². The highest BCUT2D eigenvalue weighted by atomic mass is 32.2. The molecule has 2 heterocycles. The average molecular weight is 310 g/mol. The molecule has 0 aliphatic heterocycles. The number of hydrogen-bond acceptors (Lipinski definition) is 4. The number of aromatic nitrogens is 4. The summed E-state index contributed by atoms with van der Waals surface area (Å²) in [6.07, 6.45) is 3.65. The van der Waals surface area contributed by atoms with E-state index in [0.29, 0.717) is 0 Å². The van der Waals surface area contributed by atoms with Crippen molar-refractivity contribution in [3.05, 3.63) is 66.1 Å². The Kier molecular flexibility index (Phi) is 4.85. The molecule has 0 radical (unpaired) electrons. The van der Waals surface area contributed by atoms with Crippen LogP contribution in [0.15, 0.2) is 64.9 Å². The number of benzene rings is 1. The van der Waals surface area contributed by atoms with Gasteiger partial charge in [-0.1, -0.05) is 43.3 Å². The summed E-state index contributed by atoms with van der Waals surface area (Å²) >= 11 is 1.56. The smallest absolute Gasteiger partial charge is 0.197 e.